The Morgan fingerprint density at radius 2 is 2.21 bits per heavy atom. The molecule has 0 amide bonds. The summed E-state index contributed by atoms with van der Waals surface area (Å²) in [6.07, 6.45) is 3.63. The van der Waals surface area contributed by atoms with E-state index in [1.807, 2.05) is 12.3 Å². The minimum atomic E-state index is -0.789. The molecule has 0 atom stereocenters. The average molecular weight is 279 g/mol. The largest absolute Gasteiger partial charge is 0.481 e. The number of aliphatic carboxylic acids is 1. The minimum absolute atomic E-state index is 0.0188. The van der Waals surface area contributed by atoms with Crippen molar-refractivity contribution in [2.45, 2.75) is 37.6 Å². The van der Waals surface area contributed by atoms with Crippen molar-refractivity contribution in [1.82, 2.24) is 14.6 Å². The molecule has 1 N–H and O–H groups in total. The maximum atomic E-state index is 10.5. The minimum Gasteiger partial charge on any atom is -0.481 e. The summed E-state index contributed by atoms with van der Waals surface area (Å²) in [5.41, 5.74) is 1.91. The van der Waals surface area contributed by atoms with Crippen LogP contribution in [-0.4, -0.2) is 31.4 Å². The highest BCUT2D eigenvalue weighted by Gasteiger charge is 2.19. The zero-order valence-corrected chi connectivity index (χ0v) is 12.1. The number of hydrogen-bond acceptors (Lipinski definition) is 4. The molecule has 0 aromatic carbocycles. The molecule has 2 rings (SSSR count). The number of aromatic nitrogens is 3. The van der Waals surface area contributed by atoms with Gasteiger partial charge in [0.15, 0.2) is 0 Å². The fraction of sp³-hybridized carbons (Fsp3) is 0.462. The highest BCUT2D eigenvalue weighted by atomic mass is 32.2. The summed E-state index contributed by atoms with van der Waals surface area (Å²) >= 11 is 1.45. The predicted molar refractivity (Wildman–Crippen MR) is 74.7 cm³/mol. The van der Waals surface area contributed by atoms with Gasteiger partial charge in [-0.2, -0.15) is 5.10 Å². The summed E-state index contributed by atoms with van der Waals surface area (Å²) in [4.78, 5) is 14.8. The van der Waals surface area contributed by atoms with Crippen molar-refractivity contribution in [1.29, 1.82) is 0 Å². The molecule has 0 saturated carbocycles. The standard InChI is InChI=1S/C13H17N3O2S/c1-13(2,3)10-8-9-12(19-7-4-11(17)18)14-5-6-16(9)15-10/h5-6,8H,4,7H2,1-3H3,(H,17,18). The molecule has 0 unspecified atom stereocenters. The zero-order chi connectivity index (χ0) is 14.0. The number of nitrogens with zero attached hydrogens (tertiary/aromatic N) is 3. The Bertz CT molecular complexity index is 601. The molecule has 0 radical (unpaired) electrons. The van der Waals surface area contributed by atoms with Crippen LogP contribution < -0.4 is 0 Å². The van der Waals surface area contributed by atoms with Gasteiger partial charge in [0.1, 0.15) is 5.03 Å². The van der Waals surface area contributed by atoms with Crippen molar-refractivity contribution in [2.24, 2.45) is 0 Å². The van der Waals surface area contributed by atoms with Gasteiger partial charge in [-0.25, -0.2) is 9.50 Å². The van der Waals surface area contributed by atoms with E-state index in [0.29, 0.717) is 5.75 Å². The monoisotopic (exact) mass is 279 g/mol. The molecule has 0 aliphatic rings. The third-order valence-corrected chi connectivity index (χ3v) is 3.67. The van der Waals surface area contributed by atoms with Gasteiger partial charge in [0.2, 0.25) is 0 Å². The first kappa shape index (κ1) is 13.9. The highest BCUT2D eigenvalue weighted by Crippen LogP contribution is 2.27. The second-order valence-electron chi connectivity index (χ2n) is 5.33. The first-order valence-corrected chi connectivity index (χ1v) is 7.06. The Morgan fingerprint density at radius 3 is 2.84 bits per heavy atom. The van der Waals surface area contributed by atoms with Crippen molar-refractivity contribution in [3.8, 4) is 0 Å². The smallest absolute Gasteiger partial charge is 0.304 e. The van der Waals surface area contributed by atoms with Gasteiger partial charge in [-0.1, -0.05) is 20.8 Å². The topological polar surface area (TPSA) is 67.5 Å². The molecule has 102 valence electrons. The number of fused-ring (bicyclic) bond motifs is 1. The molecular formula is C13H17N3O2S. The van der Waals surface area contributed by atoms with E-state index in [1.54, 1.807) is 10.7 Å². The number of hydrogen-bond donors (Lipinski definition) is 1. The van der Waals surface area contributed by atoms with E-state index >= 15 is 0 Å². The lowest BCUT2D eigenvalue weighted by Gasteiger charge is -2.13. The molecule has 0 saturated heterocycles. The van der Waals surface area contributed by atoms with E-state index in [2.05, 4.69) is 30.9 Å². The molecule has 2 aromatic rings. The van der Waals surface area contributed by atoms with Gasteiger partial charge in [0, 0.05) is 23.6 Å². The summed E-state index contributed by atoms with van der Waals surface area (Å²) in [5.74, 6) is -0.277. The van der Waals surface area contributed by atoms with Crippen molar-refractivity contribution in [3.63, 3.8) is 0 Å². The van der Waals surface area contributed by atoms with Crippen LogP contribution in [0.3, 0.4) is 0 Å². The van der Waals surface area contributed by atoms with Gasteiger partial charge >= 0.3 is 5.97 Å². The number of carboxylic acid groups (broad SMARTS) is 1. The van der Waals surface area contributed by atoms with E-state index in [0.717, 1.165) is 16.2 Å². The molecule has 2 heterocycles. The third-order valence-electron chi connectivity index (χ3n) is 2.68. The molecule has 2 aromatic heterocycles. The van der Waals surface area contributed by atoms with Crippen LogP contribution in [-0.2, 0) is 10.2 Å². The zero-order valence-electron chi connectivity index (χ0n) is 11.3. The van der Waals surface area contributed by atoms with E-state index in [9.17, 15) is 4.79 Å². The molecule has 5 nitrogen and oxygen atoms in total. The summed E-state index contributed by atoms with van der Waals surface area (Å²) < 4.78 is 1.80. The van der Waals surface area contributed by atoms with Crippen LogP contribution in [0.25, 0.3) is 5.52 Å². The number of carbonyl (C=O) groups is 1. The van der Waals surface area contributed by atoms with Crippen LogP contribution in [0.15, 0.2) is 23.5 Å². The van der Waals surface area contributed by atoms with Gasteiger partial charge < -0.3 is 5.11 Å². The fourth-order valence-electron chi connectivity index (χ4n) is 1.61. The van der Waals surface area contributed by atoms with Gasteiger partial charge in [0.05, 0.1) is 17.6 Å². The summed E-state index contributed by atoms with van der Waals surface area (Å²) in [6.45, 7) is 6.33. The van der Waals surface area contributed by atoms with Gasteiger partial charge in [-0.3, -0.25) is 4.79 Å². The molecule has 0 spiro atoms. The van der Waals surface area contributed by atoms with Crippen LogP contribution in [0.2, 0.25) is 0 Å². The van der Waals surface area contributed by atoms with Crippen LogP contribution in [0, 0.1) is 0 Å². The lowest BCUT2D eigenvalue weighted by Crippen LogP contribution is -2.11. The Hall–Kier alpha value is -1.56. The van der Waals surface area contributed by atoms with Crippen LogP contribution in [0.5, 0.6) is 0 Å². The van der Waals surface area contributed by atoms with E-state index in [1.165, 1.54) is 11.8 Å². The van der Waals surface area contributed by atoms with Crippen molar-refractivity contribution >= 4 is 23.2 Å². The summed E-state index contributed by atoms with van der Waals surface area (Å²) in [5, 5.41) is 14.0. The maximum Gasteiger partial charge on any atom is 0.304 e. The SMILES string of the molecule is CC(C)(C)c1cc2c(SCCC(=O)O)nccn2n1. The first-order chi connectivity index (χ1) is 8.88. The van der Waals surface area contributed by atoms with Gasteiger partial charge in [-0.15, -0.1) is 11.8 Å². The fourth-order valence-corrected chi connectivity index (χ4v) is 2.52. The van der Waals surface area contributed by atoms with Crippen molar-refractivity contribution in [3.05, 3.63) is 24.2 Å². The Kier molecular flexibility index (Phi) is 3.80. The molecule has 19 heavy (non-hydrogen) atoms. The van der Waals surface area contributed by atoms with Crippen LogP contribution in [0.4, 0.5) is 0 Å². The quantitative estimate of drug-likeness (QED) is 0.871. The second-order valence-corrected chi connectivity index (χ2v) is 6.42. The maximum absolute atomic E-state index is 10.5. The molecule has 6 heteroatoms. The molecule has 0 fully saturated rings. The molecular weight excluding hydrogens is 262 g/mol. The number of thioether (sulfide) groups is 1. The van der Waals surface area contributed by atoms with E-state index < -0.39 is 5.97 Å². The van der Waals surface area contributed by atoms with E-state index in [4.69, 9.17) is 5.11 Å². The lowest BCUT2D eigenvalue weighted by molar-refractivity contribution is -0.136. The number of rotatable bonds is 4. The van der Waals surface area contributed by atoms with Crippen molar-refractivity contribution in [2.75, 3.05) is 5.75 Å². The Balaban J connectivity index is 2.29. The normalized spacial score (nSPS) is 11.9. The summed E-state index contributed by atoms with van der Waals surface area (Å²) in [6, 6.07) is 2.02. The summed E-state index contributed by atoms with van der Waals surface area (Å²) in [7, 11) is 0. The second kappa shape index (κ2) is 5.21. The lowest BCUT2D eigenvalue weighted by atomic mass is 9.92. The van der Waals surface area contributed by atoms with Crippen LogP contribution >= 0.6 is 11.8 Å². The molecule has 0 aliphatic carbocycles. The third kappa shape index (κ3) is 3.26. The number of carboxylic acids is 1. The van der Waals surface area contributed by atoms with Crippen LogP contribution in [0.1, 0.15) is 32.9 Å². The van der Waals surface area contributed by atoms with Gasteiger partial charge in [-0.05, 0) is 6.07 Å². The Labute approximate surface area is 116 Å². The average Bonchev–Trinajstić information content (AvgIpc) is 2.72. The highest BCUT2D eigenvalue weighted by molar-refractivity contribution is 7.99. The first-order valence-electron chi connectivity index (χ1n) is 6.07. The molecule has 0 bridgehead atoms. The Morgan fingerprint density at radius 1 is 1.47 bits per heavy atom. The van der Waals surface area contributed by atoms with Gasteiger partial charge in [0.25, 0.3) is 0 Å². The molecule has 0 aliphatic heterocycles. The van der Waals surface area contributed by atoms with Crippen molar-refractivity contribution < 1.29 is 9.90 Å². The predicted octanol–water partition coefficient (Wildman–Crippen LogP) is 2.59. The van der Waals surface area contributed by atoms with E-state index in [-0.39, 0.29) is 11.8 Å².